The average Bonchev–Trinajstić information content (AvgIpc) is 3.22. The van der Waals surface area contributed by atoms with Gasteiger partial charge >= 0.3 is 0 Å². The molecule has 0 radical (unpaired) electrons. The molecule has 0 unspecified atom stereocenters. The number of fused-ring (bicyclic) bond motifs is 1. The van der Waals surface area contributed by atoms with Crippen molar-refractivity contribution in [3.8, 4) is 11.1 Å². The second-order valence-corrected chi connectivity index (χ2v) is 8.33. The van der Waals surface area contributed by atoms with Crippen molar-refractivity contribution in [3.63, 3.8) is 0 Å². The van der Waals surface area contributed by atoms with Gasteiger partial charge in [-0.15, -0.1) is 0 Å². The van der Waals surface area contributed by atoms with Crippen molar-refractivity contribution in [1.82, 2.24) is 15.6 Å². The summed E-state index contributed by atoms with van der Waals surface area (Å²) in [5.74, 6) is 0.190. The molecule has 4 heterocycles. The first-order valence-corrected chi connectivity index (χ1v) is 10.2. The van der Waals surface area contributed by atoms with Gasteiger partial charge in [0, 0.05) is 43.8 Å². The molecule has 8 heteroatoms. The molecule has 5 rings (SSSR count). The Kier molecular flexibility index (Phi) is 4.26. The lowest BCUT2D eigenvalue weighted by atomic mass is 9.87. The van der Waals surface area contributed by atoms with Crippen LogP contribution in [-0.4, -0.2) is 49.1 Å². The number of hydrogen-bond acceptors (Lipinski definition) is 5. The van der Waals surface area contributed by atoms with E-state index < -0.39 is 5.54 Å². The minimum absolute atomic E-state index is 0.0875. The molecule has 3 aliphatic heterocycles. The summed E-state index contributed by atoms with van der Waals surface area (Å²) in [7, 11) is 1.80. The number of pyridine rings is 1. The third-order valence-corrected chi connectivity index (χ3v) is 6.67. The maximum atomic E-state index is 12.3. The van der Waals surface area contributed by atoms with Crippen LogP contribution in [0, 0.1) is 0 Å². The summed E-state index contributed by atoms with van der Waals surface area (Å²) in [5.41, 5.74) is 4.35. The summed E-state index contributed by atoms with van der Waals surface area (Å²) in [6, 6.07) is 6.07. The molecule has 29 heavy (non-hydrogen) atoms. The summed E-state index contributed by atoms with van der Waals surface area (Å²) < 4.78 is 0. The van der Waals surface area contributed by atoms with Crippen LogP contribution in [0.5, 0.6) is 0 Å². The van der Waals surface area contributed by atoms with Crippen LogP contribution in [0.1, 0.15) is 18.4 Å². The maximum Gasteiger partial charge on any atom is 0.241 e. The predicted molar refractivity (Wildman–Crippen MR) is 112 cm³/mol. The topological polar surface area (TPSA) is 77.6 Å². The maximum absolute atomic E-state index is 12.3. The molecule has 150 valence electrons. The second-order valence-electron chi connectivity index (χ2n) is 7.92. The molecule has 2 amide bonds. The fraction of sp³-hybridized carbons (Fsp3) is 0.381. The minimum atomic E-state index is -0.465. The summed E-state index contributed by atoms with van der Waals surface area (Å²) >= 11 is 6.60. The fourth-order valence-electron chi connectivity index (χ4n) is 4.63. The van der Waals surface area contributed by atoms with E-state index in [-0.39, 0.29) is 11.8 Å². The largest absolute Gasteiger partial charge is 0.370 e. The Balaban J connectivity index is 1.49. The summed E-state index contributed by atoms with van der Waals surface area (Å²) in [5, 5.41) is 6.79. The zero-order chi connectivity index (χ0) is 20.2. The molecule has 1 spiro atoms. The van der Waals surface area contributed by atoms with E-state index in [9.17, 15) is 9.59 Å². The molecular formula is C21H22ClN5O2. The number of carbonyl (C=O) groups excluding carboxylic acids is 2. The Morgan fingerprint density at radius 2 is 1.97 bits per heavy atom. The molecule has 0 atom stereocenters. The standard InChI is InChI=1S/C21H22ClN5O2/c1-26-17-8-13(2-3-14(17)9-18(26)28)15-10-23-11-16(22)19(15)27-6-4-21(5-7-27)20(29)24-12-25-21/h2-3,8,10-11,25H,4-7,9,12H2,1H3,(H,24,29). The summed E-state index contributed by atoms with van der Waals surface area (Å²) in [6.07, 6.45) is 5.37. The highest BCUT2D eigenvalue weighted by Gasteiger charge is 2.44. The molecule has 7 nitrogen and oxygen atoms in total. The number of amides is 2. The second kappa shape index (κ2) is 6.71. The molecule has 2 N–H and O–H groups in total. The number of benzene rings is 1. The Bertz CT molecular complexity index is 1020. The first-order valence-electron chi connectivity index (χ1n) is 9.80. The Morgan fingerprint density at radius 3 is 2.69 bits per heavy atom. The molecule has 0 bridgehead atoms. The normalized spacial score (nSPS) is 20.3. The van der Waals surface area contributed by atoms with Gasteiger partial charge in [-0.2, -0.15) is 0 Å². The van der Waals surface area contributed by atoms with E-state index in [1.807, 2.05) is 24.4 Å². The van der Waals surface area contributed by atoms with Gasteiger partial charge in [-0.1, -0.05) is 23.7 Å². The molecule has 1 aromatic heterocycles. The minimum Gasteiger partial charge on any atom is -0.370 e. The molecular weight excluding hydrogens is 390 g/mol. The highest BCUT2D eigenvalue weighted by atomic mass is 35.5. The van der Waals surface area contributed by atoms with Gasteiger partial charge in [-0.05, 0) is 30.0 Å². The van der Waals surface area contributed by atoms with Crippen molar-refractivity contribution in [2.75, 3.05) is 36.6 Å². The number of nitrogens with one attached hydrogen (secondary N) is 2. The van der Waals surface area contributed by atoms with Gasteiger partial charge in [0.1, 0.15) is 5.54 Å². The van der Waals surface area contributed by atoms with E-state index in [0.29, 0.717) is 18.1 Å². The zero-order valence-corrected chi connectivity index (χ0v) is 16.9. The zero-order valence-electron chi connectivity index (χ0n) is 16.2. The van der Waals surface area contributed by atoms with Crippen LogP contribution in [0.15, 0.2) is 30.6 Å². The van der Waals surface area contributed by atoms with E-state index in [1.54, 1.807) is 18.1 Å². The van der Waals surface area contributed by atoms with Gasteiger partial charge in [0.25, 0.3) is 0 Å². The number of aromatic nitrogens is 1. The third kappa shape index (κ3) is 2.88. The number of piperidine rings is 1. The van der Waals surface area contributed by atoms with Crippen LogP contribution in [0.4, 0.5) is 11.4 Å². The average molecular weight is 412 g/mol. The van der Waals surface area contributed by atoms with Crippen LogP contribution in [0.2, 0.25) is 5.02 Å². The Hall–Kier alpha value is -2.64. The van der Waals surface area contributed by atoms with Gasteiger partial charge in [-0.3, -0.25) is 19.9 Å². The monoisotopic (exact) mass is 411 g/mol. The first-order chi connectivity index (χ1) is 14.0. The van der Waals surface area contributed by atoms with E-state index in [1.165, 1.54) is 0 Å². The van der Waals surface area contributed by atoms with Crippen LogP contribution >= 0.6 is 11.6 Å². The van der Waals surface area contributed by atoms with Crippen LogP contribution in [0.3, 0.4) is 0 Å². The number of halogens is 1. The molecule has 2 aromatic rings. The van der Waals surface area contributed by atoms with Crippen molar-refractivity contribution in [2.45, 2.75) is 24.8 Å². The van der Waals surface area contributed by atoms with E-state index in [2.05, 4.69) is 20.5 Å². The molecule has 3 aliphatic rings. The number of anilines is 2. The van der Waals surface area contributed by atoms with E-state index in [4.69, 9.17) is 11.6 Å². The summed E-state index contributed by atoms with van der Waals surface area (Å²) in [4.78, 5) is 32.5. The quantitative estimate of drug-likeness (QED) is 0.789. The van der Waals surface area contributed by atoms with Crippen molar-refractivity contribution in [1.29, 1.82) is 0 Å². The van der Waals surface area contributed by atoms with Gasteiger partial charge < -0.3 is 15.1 Å². The number of likely N-dealkylation sites (N-methyl/N-ethyl adjacent to an activating group) is 1. The molecule has 2 saturated heterocycles. The Labute approximate surface area is 174 Å². The van der Waals surface area contributed by atoms with Crippen molar-refractivity contribution >= 4 is 34.8 Å². The fourth-order valence-corrected chi connectivity index (χ4v) is 4.91. The van der Waals surface area contributed by atoms with Crippen molar-refractivity contribution in [3.05, 3.63) is 41.2 Å². The number of carbonyl (C=O) groups is 2. The number of rotatable bonds is 2. The van der Waals surface area contributed by atoms with Crippen LogP contribution < -0.4 is 20.4 Å². The summed E-state index contributed by atoms with van der Waals surface area (Å²) in [6.45, 7) is 1.97. The number of hydrogen-bond donors (Lipinski definition) is 2. The van der Waals surface area contributed by atoms with Gasteiger partial charge in [0.2, 0.25) is 11.8 Å². The molecule has 0 aliphatic carbocycles. The highest BCUT2D eigenvalue weighted by Crippen LogP contribution is 2.41. The lowest BCUT2D eigenvalue weighted by Gasteiger charge is -2.39. The van der Waals surface area contributed by atoms with Crippen molar-refractivity contribution < 1.29 is 9.59 Å². The molecule has 0 saturated carbocycles. The smallest absolute Gasteiger partial charge is 0.241 e. The third-order valence-electron chi connectivity index (χ3n) is 6.39. The predicted octanol–water partition coefficient (Wildman–Crippen LogP) is 1.94. The molecule has 1 aromatic carbocycles. The van der Waals surface area contributed by atoms with Crippen LogP contribution in [-0.2, 0) is 16.0 Å². The lowest BCUT2D eigenvalue weighted by molar-refractivity contribution is -0.124. The highest BCUT2D eigenvalue weighted by molar-refractivity contribution is 6.33. The first kappa shape index (κ1) is 18.4. The number of nitrogens with zero attached hydrogens (tertiary/aromatic N) is 3. The lowest BCUT2D eigenvalue weighted by Crippen LogP contribution is -2.54. The SMILES string of the molecule is CN1C(=O)Cc2ccc(-c3cncc(Cl)c3N3CCC4(CC3)NCNC4=O)cc21. The Morgan fingerprint density at radius 1 is 1.17 bits per heavy atom. The van der Waals surface area contributed by atoms with Gasteiger partial charge in [0.05, 0.1) is 23.8 Å². The van der Waals surface area contributed by atoms with Gasteiger partial charge in [-0.25, -0.2) is 0 Å². The van der Waals surface area contributed by atoms with Gasteiger partial charge in [0.15, 0.2) is 0 Å². The van der Waals surface area contributed by atoms with E-state index >= 15 is 0 Å². The van der Waals surface area contributed by atoms with Crippen LogP contribution in [0.25, 0.3) is 11.1 Å². The molecule has 2 fully saturated rings. The van der Waals surface area contributed by atoms with E-state index in [0.717, 1.165) is 54.0 Å². The van der Waals surface area contributed by atoms with Crippen molar-refractivity contribution in [2.24, 2.45) is 0 Å².